The van der Waals surface area contributed by atoms with Gasteiger partial charge >= 0.3 is 5.97 Å². The van der Waals surface area contributed by atoms with Gasteiger partial charge in [0.15, 0.2) is 0 Å². The van der Waals surface area contributed by atoms with Crippen LogP contribution in [0.25, 0.3) is 0 Å². The van der Waals surface area contributed by atoms with Crippen LogP contribution in [0.3, 0.4) is 0 Å². The van der Waals surface area contributed by atoms with Gasteiger partial charge in [-0.2, -0.15) is 0 Å². The van der Waals surface area contributed by atoms with Gasteiger partial charge in [0.05, 0.1) is 18.8 Å². The molecule has 212 valence electrons. The highest BCUT2D eigenvalue weighted by Crippen LogP contribution is 2.37. The third-order valence-corrected chi connectivity index (χ3v) is 8.14. The minimum Gasteiger partial charge on any atom is -0.480 e. The Morgan fingerprint density at radius 3 is 2.95 bits per heavy atom. The lowest BCUT2D eigenvalue weighted by molar-refractivity contribution is -0.143. The van der Waals surface area contributed by atoms with E-state index in [0.29, 0.717) is 42.8 Å². The van der Waals surface area contributed by atoms with Gasteiger partial charge in [-0.15, -0.1) is 0 Å². The second kappa shape index (κ2) is 11.9. The van der Waals surface area contributed by atoms with Crippen molar-refractivity contribution >= 4 is 11.8 Å². The maximum atomic E-state index is 14.7. The van der Waals surface area contributed by atoms with Crippen molar-refractivity contribution in [1.29, 1.82) is 0 Å². The Kier molecular flexibility index (Phi) is 8.49. The zero-order valence-electron chi connectivity index (χ0n) is 22.8. The van der Waals surface area contributed by atoms with Crippen LogP contribution >= 0.6 is 0 Å². The summed E-state index contributed by atoms with van der Waals surface area (Å²) < 4.78 is 41.0. The van der Waals surface area contributed by atoms with Gasteiger partial charge in [-0.1, -0.05) is 6.07 Å². The molecule has 3 aliphatic rings. The number of hydrogen-bond donors (Lipinski definition) is 2. The van der Waals surface area contributed by atoms with E-state index in [2.05, 4.69) is 17.4 Å². The maximum absolute atomic E-state index is 14.7. The van der Waals surface area contributed by atoms with E-state index in [1.54, 1.807) is 0 Å². The normalized spacial score (nSPS) is 22.2. The number of hydrogen-bond acceptors (Lipinski definition) is 6. The molecule has 0 amide bonds. The summed E-state index contributed by atoms with van der Waals surface area (Å²) in [6.07, 6.45) is 5.09. The summed E-state index contributed by atoms with van der Waals surface area (Å²) in [6.45, 7) is 5.52. The summed E-state index contributed by atoms with van der Waals surface area (Å²) in [5.74, 6) is -0.532. The first kappa shape index (κ1) is 27.9. The molecular formula is C30H39F2N3O4. The van der Waals surface area contributed by atoms with Crippen LogP contribution in [-0.2, 0) is 40.1 Å². The number of rotatable bonds is 10. The third-order valence-electron chi connectivity index (χ3n) is 8.14. The minimum atomic E-state index is -1.60. The highest BCUT2D eigenvalue weighted by Gasteiger charge is 2.39. The Balaban J connectivity index is 1.16. The minimum absolute atomic E-state index is 0.0632. The standard InChI is InChI=1S/C30H39F2N3O4/c1-30(2,32)26-16-24-20(18-39-26)14-21(31)15-25(24)27(29(36)37)35-12-10-23(17-35)38-13-4-3-7-22-9-8-19-6-5-11-33-28(19)34-22/h8-9,14-15,23,26-27H,3-7,10-13,16-18H2,1-2H3,(H,33,34)(H,36,37)/t23-,26?,27+/m1/s1. The molecule has 0 saturated carbocycles. The maximum Gasteiger partial charge on any atom is 0.325 e. The van der Waals surface area contributed by atoms with Gasteiger partial charge in [0.1, 0.15) is 23.3 Å². The Morgan fingerprint density at radius 2 is 2.15 bits per heavy atom. The van der Waals surface area contributed by atoms with E-state index >= 15 is 0 Å². The number of ether oxygens (including phenoxy) is 2. The van der Waals surface area contributed by atoms with Gasteiger partial charge in [-0.3, -0.25) is 9.69 Å². The first-order valence-corrected chi connectivity index (χ1v) is 14.1. The molecule has 39 heavy (non-hydrogen) atoms. The molecule has 3 aliphatic heterocycles. The van der Waals surface area contributed by atoms with E-state index in [4.69, 9.17) is 14.5 Å². The van der Waals surface area contributed by atoms with Gasteiger partial charge in [-0.25, -0.2) is 13.8 Å². The van der Waals surface area contributed by atoms with Crippen molar-refractivity contribution in [3.8, 4) is 0 Å². The molecule has 1 saturated heterocycles. The number of likely N-dealkylation sites (tertiary alicyclic amines) is 1. The summed E-state index contributed by atoms with van der Waals surface area (Å²) in [5.41, 5.74) is 2.44. The topological polar surface area (TPSA) is 83.9 Å². The molecule has 0 bridgehead atoms. The van der Waals surface area contributed by atoms with Crippen LogP contribution in [0.1, 0.15) is 73.5 Å². The number of nitrogens with one attached hydrogen (secondary N) is 1. The SMILES string of the molecule is CC(C)(F)C1Cc2c(cc(F)cc2[C@@H](C(=O)O)N2CC[C@@H](OCCCCc3ccc4c(n3)NCCC4)C2)CO1. The number of aromatic nitrogens is 1. The van der Waals surface area contributed by atoms with E-state index < -0.39 is 29.6 Å². The molecule has 1 fully saturated rings. The molecule has 5 rings (SSSR count). The van der Waals surface area contributed by atoms with Crippen LogP contribution in [0.2, 0.25) is 0 Å². The Labute approximate surface area is 228 Å². The molecule has 1 unspecified atom stereocenters. The van der Waals surface area contributed by atoms with Crippen molar-refractivity contribution in [2.45, 2.75) is 89.3 Å². The molecule has 2 N–H and O–H groups in total. The van der Waals surface area contributed by atoms with Crippen molar-refractivity contribution in [3.63, 3.8) is 0 Å². The average molecular weight is 544 g/mol. The third kappa shape index (κ3) is 6.58. The lowest BCUT2D eigenvalue weighted by atomic mass is 9.86. The Morgan fingerprint density at radius 1 is 1.31 bits per heavy atom. The van der Waals surface area contributed by atoms with E-state index in [1.807, 2.05) is 4.90 Å². The highest BCUT2D eigenvalue weighted by molar-refractivity contribution is 5.76. The number of carboxylic acids is 1. The average Bonchev–Trinajstić information content (AvgIpc) is 3.35. The zero-order chi connectivity index (χ0) is 27.6. The molecule has 1 aromatic heterocycles. The molecule has 0 spiro atoms. The van der Waals surface area contributed by atoms with Gasteiger partial charge in [0.25, 0.3) is 0 Å². The number of benzene rings is 1. The van der Waals surface area contributed by atoms with Crippen LogP contribution in [0.15, 0.2) is 24.3 Å². The first-order valence-electron chi connectivity index (χ1n) is 14.1. The quantitative estimate of drug-likeness (QED) is 0.408. The van der Waals surface area contributed by atoms with Crippen LogP contribution in [0.5, 0.6) is 0 Å². The summed E-state index contributed by atoms with van der Waals surface area (Å²) in [6, 6.07) is 5.93. The van der Waals surface area contributed by atoms with Crippen molar-refractivity contribution < 1.29 is 28.2 Å². The summed E-state index contributed by atoms with van der Waals surface area (Å²) >= 11 is 0. The Hall–Kier alpha value is -2.62. The van der Waals surface area contributed by atoms with Crippen LogP contribution in [-0.4, -0.2) is 65.1 Å². The predicted octanol–water partition coefficient (Wildman–Crippen LogP) is 5.01. The Bertz CT molecular complexity index is 1190. The van der Waals surface area contributed by atoms with E-state index in [0.717, 1.165) is 50.2 Å². The molecule has 1 aromatic carbocycles. The number of pyridine rings is 1. The van der Waals surface area contributed by atoms with Gasteiger partial charge in [0, 0.05) is 38.4 Å². The number of aliphatic carboxylic acids is 1. The fourth-order valence-electron chi connectivity index (χ4n) is 5.99. The molecule has 7 nitrogen and oxygen atoms in total. The number of unbranched alkanes of at least 4 members (excludes halogenated alkanes) is 1. The number of nitrogens with zero attached hydrogens (tertiary/aromatic N) is 2. The molecule has 2 aromatic rings. The molecule has 9 heteroatoms. The van der Waals surface area contributed by atoms with Crippen LogP contribution in [0.4, 0.5) is 14.6 Å². The fraction of sp³-hybridized carbons (Fsp3) is 0.600. The predicted molar refractivity (Wildman–Crippen MR) is 144 cm³/mol. The molecule has 3 atom stereocenters. The van der Waals surface area contributed by atoms with Crippen molar-refractivity contribution in [2.24, 2.45) is 0 Å². The van der Waals surface area contributed by atoms with Crippen molar-refractivity contribution in [3.05, 3.63) is 58.0 Å². The van der Waals surface area contributed by atoms with Gasteiger partial charge < -0.3 is 19.9 Å². The number of carbonyl (C=O) groups is 1. The number of aryl methyl sites for hydroxylation is 2. The lowest BCUT2D eigenvalue weighted by Crippen LogP contribution is -2.40. The smallest absolute Gasteiger partial charge is 0.325 e. The zero-order valence-corrected chi connectivity index (χ0v) is 22.8. The summed E-state index contributed by atoms with van der Waals surface area (Å²) in [4.78, 5) is 19.1. The van der Waals surface area contributed by atoms with Crippen LogP contribution < -0.4 is 5.32 Å². The summed E-state index contributed by atoms with van der Waals surface area (Å²) in [7, 11) is 0. The van der Waals surface area contributed by atoms with Crippen LogP contribution in [0, 0.1) is 5.82 Å². The van der Waals surface area contributed by atoms with Crippen molar-refractivity contribution in [1.82, 2.24) is 9.88 Å². The highest BCUT2D eigenvalue weighted by atomic mass is 19.1. The van der Waals surface area contributed by atoms with E-state index in [9.17, 15) is 18.7 Å². The fourth-order valence-corrected chi connectivity index (χ4v) is 5.99. The van der Waals surface area contributed by atoms with E-state index in [1.165, 1.54) is 31.5 Å². The molecule has 0 radical (unpaired) electrons. The lowest BCUT2D eigenvalue weighted by Gasteiger charge is -2.35. The number of anilines is 1. The number of carboxylic acid groups (broad SMARTS) is 1. The molecule has 0 aliphatic carbocycles. The second-order valence-corrected chi connectivity index (χ2v) is 11.5. The van der Waals surface area contributed by atoms with Gasteiger partial charge in [-0.05, 0) is 92.8 Å². The summed E-state index contributed by atoms with van der Waals surface area (Å²) in [5, 5.41) is 13.6. The first-order chi connectivity index (χ1) is 18.7. The number of alkyl halides is 1. The monoisotopic (exact) mass is 543 g/mol. The second-order valence-electron chi connectivity index (χ2n) is 11.5. The van der Waals surface area contributed by atoms with E-state index in [-0.39, 0.29) is 19.1 Å². The number of halogens is 2. The van der Waals surface area contributed by atoms with Crippen molar-refractivity contribution in [2.75, 3.05) is 31.6 Å². The largest absolute Gasteiger partial charge is 0.480 e. The number of fused-ring (bicyclic) bond motifs is 2. The molecular weight excluding hydrogens is 504 g/mol. The molecule has 4 heterocycles. The van der Waals surface area contributed by atoms with Gasteiger partial charge in [0.2, 0.25) is 0 Å².